The second-order valence-electron chi connectivity index (χ2n) is 4.05. The van der Waals surface area contributed by atoms with Gasteiger partial charge in [0.05, 0.1) is 19.3 Å². The van der Waals surface area contributed by atoms with Crippen molar-refractivity contribution in [2.24, 2.45) is 0 Å². The van der Waals surface area contributed by atoms with E-state index in [1.807, 2.05) is 6.92 Å². The number of hydrogen-bond acceptors (Lipinski definition) is 6. The van der Waals surface area contributed by atoms with Crippen molar-refractivity contribution in [2.45, 2.75) is 19.4 Å². The van der Waals surface area contributed by atoms with Gasteiger partial charge >= 0.3 is 0 Å². The fourth-order valence-electron chi connectivity index (χ4n) is 1.59. The Morgan fingerprint density at radius 1 is 1.39 bits per heavy atom. The Balaban J connectivity index is 1.80. The molecule has 0 aromatic carbocycles. The lowest BCUT2D eigenvalue weighted by Gasteiger charge is -2.23. The summed E-state index contributed by atoms with van der Waals surface area (Å²) in [6, 6.07) is 1.70. The van der Waals surface area contributed by atoms with Gasteiger partial charge in [0.15, 0.2) is 0 Å². The smallest absolute Gasteiger partial charge is 0.220 e. The van der Waals surface area contributed by atoms with Crippen LogP contribution < -0.4 is 14.8 Å². The van der Waals surface area contributed by atoms with Crippen LogP contribution in [0, 0.1) is 0 Å². The molecule has 1 fully saturated rings. The average molecular weight is 253 g/mol. The number of rotatable bonds is 6. The normalized spacial score (nSPS) is 19.5. The first kappa shape index (κ1) is 13.0. The highest BCUT2D eigenvalue weighted by Crippen LogP contribution is 2.13. The van der Waals surface area contributed by atoms with Crippen LogP contribution in [0.5, 0.6) is 11.8 Å². The summed E-state index contributed by atoms with van der Waals surface area (Å²) in [5.74, 6) is 1.06. The van der Waals surface area contributed by atoms with Crippen molar-refractivity contribution in [3.05, 3.63) is 12.4 Å². The van der Waals surface area contributed by atoms with E-state index in [0.29, 0.717) is 25.0 Å². The zero-order valence-electron chi connectivity index (χ0n) is 10.6. The Morgan fingerprint density at radius 3 is 2.94 bits per heavy atom. The van der Waals surface area contributed by atoms with E-state index in [0.717, 1.165) is 26.1 Å². The molecular weight excluding hydrogens is 234 g/mol. The highest BCUT2D eigenvalue weighted by atomic mass is 16.5. The van der Waals surface area contributed by atoms with Gasteiger partial charge in [-0.05, 0) is 6.42 Å². The summed E-state index contributed by atoms with van der Waals surface area (Å²) in [5, 5.41) is 3.25. The zero-order valence-corrected chi connectivity index (χ0v) is 10.6. The minimum absolute atomic E-state index is 0.0775. The van der Waals surface area contributed by atoms with Crippen molar-refractivity contribution in [3.8, 4) is 11.8 Å². The van der Waals surface area contributed by atoms with Gasteiger partial charge in [0, 0.05) is 13.1 Å². The maximum atomic E-state index is 5.57. The van der Waals surface area contributed by atoms with Crippen LogP contribution in [0.4, 0.5) is 0 Å². The number of nitrogens with one attached hydrogen (secondary N) is 1. The predicted molar refractivity (Wildman–Crippen MR) is 65.9 cm³/mol. The molecule has 2 rings (SSSR count). The van der Waals surface area contributed by atoms with Gasteiger partial charge in [0.2, 0.25) is 11.8 Å². The molecule has 1 aliphatic heterocycles. The van der Waals surface area contributed by atoms with E-state index >= 15 is 0 Å². The van der Waals surface area contributed by atoms with Crippen LogP contribution in [0.1, 0.15) is 13.3 Å². The van der Waals surface area contributed by atoms with Crippen LogP contribution in [0.3, 0.4) is 0 Å². The molecule has 6 heteroatoms. The second-order valence-corrected chi connectivity index (χ2v) is 4.05. The van der Waals surface area contributed by atoms with E-state index < -0.39 is 0 Å². The summed E-state index contributed by atoms with van der Waals surface area (Å²) >= 11 is 0. The first-order valence-electron chi connectivity index (χ1n) is 6.28. The Kier molecular flexibility index (Phi) is 5.16. The first-order chi connectivity index (χ1) is 8.88. The molecule has 0 amide bonds. The molecule has 1 aliphatic rings. The van der Waals surface area contributed by atoms with E-state index in [1.165, 1.54) is 6.33 Å². The summed E-state index contributed by atoms with van der Waals surface area (Å²) in [6.45, 7) is 5.61. The Bertz CT molecular complexity index is 356. The van der Waals surface area contributed by atoms with Gasteiger partial charge in [-0.25, -0.2) is 9.97 Å². The predicted octanol–water partition coefficient (Wildman–Crippen LogP) is 0.633. The lowest BCUT2D eigenvalue weighted by molar-refractivity contribution is -0.000838. The fraction of sp³-hybridized carbons (Fsp3) is 0.667. The quantitative estimate of drug-likeness (QED) is 0.802. The molecule has 1 aromatic heterocycles. The lowest BCUT2D eigenvalue weighted by atomic mass is 10.3. The van der Waals surface area contributed by atoms with Crippen molar-refractivity contribution in [3.63, 3.8) is 0 Å². The molecule has 0 spiro atoms. The van der Waals surface area contributed by atoms with Gasteiger partial charge in [0.1, 0.15) is 19.0 Å². The SMILES string of the molecule is CCCOc1cc(OCC2CNCCO2)ncn1. The van der Waals surface area contributed by atoms with Crippen LogP contribution in [-0.2, 0) is 4.74 Å². The van der Waals surface area contributed by atoms with E-state index in [1.54, 1.807) is 6.07 Å². The third kappa shape index (κ3) is 4.12. The van der Waals surface area contributed by atoms with Gasteiger partial charge in [-0.15, -0.1) is 0 Å². The number of morpholine rings is 1. The van der Waals surface area contributed by atoms with Crippen molar-refractivity contribution in [1.82, 2.24) is 15.3 Å². The van der Waals surface area contributed by atoms with Gasteiger partial charge in [-0.1, -0.05) is 6.92 Å². The average Bonchev–Trinajstić information content (AvgIpc) is 2.44. The molecule has 0 aliphatic carbocycles. The minimum Gasteiger partial charge on any atom is -0.478 e. The first-order valence-corrected chi connectivity index (χ1v) is 6.28. The molecule has 1 unspecified atom stereocenters. The second kappa shape index (κ2) is 7.13. The van der Waals surface area contributed by atoms with E-state index in [2.05, 4.69) is 15.3 Å². The van der Waals surface area contributed by atoms with Crippen LogP contribution in [0.15, 0.2) is 12.4 Å². The molecular formula is C12H19N3O3. The number of nitrogens with zero attached hydrogens (tertiary/aromatic N) is 2. The molecule has 18 heavy (non-hydrogen) atoms. The third-order valence-corrected chi connectivity index (χ3v) is 2.49. The molecule has 1 saturated heterocycles. The molecule has 100 valence electrons. The summed E-state index contributed by atoms with van der Waals surface area (Å²) in [7, 11) is 0. The van der Waals surface area contributed by atoms with Crippen LogP contribution in [0.25, 0.3) is 0 Å². The number of hydrogen-bond donors (Lipinski definition) is 1. The molecule has 6 nitrogen and oxygen atoms in total. The topological polar surface area (TPSA) is 65.5 Å². The summed E-state index contributed by atoms with van der Waals surface area (Å²) in [4.78, 5) is 8.06. The molecule has 1 aromatic rings. The Hall–Kier alpha value is -1.40. The summed E-state index contributed by atoms with van der Waals surface area (Å²) < 4.78 is 16.5. The Labute approximate surface area is 107 Å². The van der Waals surface area contributed by atoms with Crippen LogP contribution >= 0.6 is 0 Å². The van der Waals surface area contributed by atoms with Gasteiger partial charge in [0.25, 0.3) is 0 Å². The fourth-order valence-corrected chi connectivity index (χ4v) is 1.59. The largest absolute Gasteiger partial charge is 0.478 e. The highest BCUT2D eigenvalue weighted by Gasteiger charge is 2.14. The number of aromatic nitrogens is 2. The summed E-state index contributed by atoms with van der Waals surface area (Å²) in [6.07, 6.45) is 2.47. The zero-order chi connectivity index (χ0) is 12.6. The van der Waals surface area contributed by atoms with Crippen LogP contribution in [0.2, 0.25) is 0 Å². The molecule has 0 saturated carbocycles. The lowest BCUT2D eigenvalue weighted by Crippen LogP contribution is -2.41. The number of ether oxygens (including phenoxy) is 3. The minimum atomic E-state index is 0.0775. The van der Waals surface area contributed by atoms with Gasteiger partial charge < -0.3 is 19.5 Å². The van der Waals surface area contributed by atoms with Gasteiger partial charge in [-0.2, -0.15) is 0 Å². The summed E-state index contributed by atoms with van der Waals surface area (Å²) in [5.41, 5.74) is 0. The standard InChI is InChI=1S/C12H19N3O3/c1-2-4-17-11-6-12(15-9-14-11)18-8-10-7-13-3-5-16-10/h6,9-10,13H,2-5,7-8H2,1H3. The molecule has 1 N–H and O–H groups in total. The van der Waals surface area contributed by atoms with Crippen molar-refractivity contribution >= 4 is 0 Å². The van der Waals surface area contributed by atoms with Crippen molar-refractivity contribution in [1.29, 1.82) is 0 Å². The van der Waals surface area contributed by atoms with E-state index in [9.17, 15) is 0 Å². The Morgan fingerprint density at radius 2 is 2.22 bits per heavy atom. The van der Waals surface area contributed by atoms with Crippen molar-refractivity contribution in [2.75, 3.05) is 32.9 Å². The van der Waals surface area contributed by atoms with E-state index in [4.69, 9.17) is 14.2 Å². The maximum Gasteiger partial charge on any atom is 0.220 e. The van der Waals surface area contributed by atoms with Crippen LogP contribution in [-0.4, -0.2) is 49.0 Å². The maximum absolute atomic E-state index is 5.57. The highest BCUT2D eigenvalue weighted by molar-refractivity contribution is 5.18. The third-order valence-electron chi connectivity index (χ3n) is 2.49. The molecule has 1 atom stereocenters. The molecule has 0 bridgehead atoms. The molecule has 2 heterocycles. The molecule has 0 radical (unpaired) electrons. The monoisotopic (exact) mass is 253 g/mol. The van der Waals surface area contributed by atoms with Crippen molar-refractivity contribution < 1.29 is 14.2 Å². The van der Waals surface area contributed by atoms with E-state index in [-0.39, 0.29) is 6.10 Å². The van der Waals surface area contributed by atoms with Gasteiger partial charge in [-0.3, -0.25) is 0 Å².